The number of likely N-dealkylation sites (tertiary alicyclic amines) is 1. The molecule has 0 N–H and O–H groups in total. The van der Waals surface area contributed by atoms with Crippen LogP contribution in [0.25, 0.3) is 0 Å². The van der Waals surface area contributed by atoms with Gasteiger partial charge in [0, 0.05) is 24.8 Å². The van der Waals surface area contributed by atoms with Gasteiger partial charge in [-0.2, -0.15) is 4.31 Å². The molecule has 2 aromatic rings. The van der Waals surface area contributed by atoms with E-state index in [1.54, 1.807) is 22.6 Å². The molecule has 3 heterocycles. The average Bonchev–Trinajstić information content (AvgIpc) is 2.68. The maximum Gasteiger partial charge on any atom is 0.243 e. The lowest BCUT2D eigenvalue weighted by atomic mass is 9.77. The van der Waals surface area contributed by atoms with Gasteiger partial charge in [0.1, 0.15) is 0 Å². The molecule has 0 unspecified atom stereocenters. The normalized spacial score (nSPS) is 22.5. The third-order valence-electron chi connectivity index (χ3n) is 6.28. The van der Waals surface area contributed by atoms with Gasteiger partial charge in [0.05, 0.1) is 23.8 Å². The fourth-order valence-electron chi connectivity index (χ4n) is 4.37. The lowest BCUT2D eigenvalue weighted by Gasteiger charge is -2.57. The summed E-state index contributed by atoms with van der Waals surface area (Å²) in [6, 6.07) is 12.9. The number of rotatable bonds is 6. The standard InChI is InChI=1S/C22H29N3O3S/c1-18-6-8-21(9-7-18)29(26,27)25-16-22(17-25)13-19(10-12-24(22)2)14-28-15-20-5-3-4-11-23-20/h3-9,11,19H,10,12-17H2,1-2H3/t19-/m1/s1. The van der Waals surface area contributed by atoms with Crippen LogP contribution in [-0.4, -0.2) is 61.4 Å². The minimum Gasteiger partial charge on any atom is -0.375 e. The van der Waals surface area contributed by atoms with Crippen molar-refractivity contribution in [2.45, 2.75) is 36.8 Å². The molecule has 0 bridgehead atoms. The Morgan fingerprint density at radius 3 is 2.62 bits per heavy atom. The summed E-state index contributed by atoms with van der Waals surface area (Å²) in [5, 5.41) is 0. The topological polar surface area (TPSA) is 62.7 Å². The smallest absolute Gasteiger partial charge is 0.243 e. The summed E-state index contributed by atoms with van der Waals surface area (Å²) in [5.41, 5.74) is 1.92. The van der Waals surface area contributed by atoms with Crippen LogP contribution in [0.2, 0.25) is 0 Å². The number of sulfonamides is 1. The van der Waals surface area contributed by atoms with Crippen molar-refractivity contribution < 1.29 is 13.2 Å². The molecule has 0 radical (unpaired) electrons. The van der Waals surface area contributed by atoms with Gasteiger partial charge in [0.25, 0.3) is 0 Å². The van der Waals surface area contributed by atoms with Gasteiger partial charge in [-0.15, -0.1) is 0 Å². The summed E-state index contributed by atoms with van der Waals surface area (Å²) in [5.74, 6) is 0.444. The molecule has 1 atom stereocenters. The molecule has 1 aromatic heterocycles. The van der Waals surface area contributed by atoms with Gasteiger partial charge < -0.3 is 4.74 Å². The molecule has 7 heteroatoms. The molecule has 1 spiro atoms. The molecule has 2 fully saturated rings. The van der Waals surface area contributed by atoms with E-state index in [1.807, 2.05) is 37.3 Å². The van der Waals surface area contributed by atoms with Gasteiger partial charge in [0.2, 0.25) is 10.0 Å². The SMILES string of the molecule is Cc1ccc(S(=O)(=O)N2CC3(C[C@H](COCc4ccccn4)CCN3C)C2)cc1. The summed E-state index contributed by atoms with van der Waals surface area (Å²) in [4.78, 5) is 7.01. The van der Waals surface area contributed by atoms with Gasteiger partial charge in [0.15, 0.2) is 0 Å². The largest absolute Gasteiger partial charge is 0.375 e. The summed E-state index contributed by atoms with van der Waals surface area (Å²) in [7, 11) is -1.31. The van der Waals surface area contributed by atoms with Crippen molar-refractivity contribution in [3.63, 3.8) is 0 Å². The van der Waals surface area contributed by atoms with Crippen molar-refractivity contribution in [1.29, 1.82) is 0 Å². The molecule has 1 aromatic carbocycles. The highest BCUT2D eigenvalue weighted by Gasteiger charge is 2.53. The van der Waals surface area contributed by atoms with Gasteiger partial charge >= 0.3 is 0 Å². The number of piperidine rings is 1. The summed E-state index contributed by atoms with van der Waals surface area (Å²) in [6.45, 7) is 5.25. The zero-order valence-corrected chi connectivity index (χ0v) is 17.9. The molecule has 0 amide bonds. The van der Waals surface area contributed by atoms with Crippen molar-refractivity contribution in [2.75, 3.05) is 33.3 Å². The van der Waals surface area contributed by atoms with Crippen LogP contribution in [0.15, 0.2) is 53.6 Å². The van der Waals surface area contributed by atoms with Gasteiger partial charge in [-0.25, -0.2) is 8.42 Å². The predicted molar refractivity (Wildman–Crippen MR) is 112 cm³/mol. The van der Waals surface area contributed by atoms with E-state index in [-0.39, 0.29) is 5.54 Å². The van der Waals surface area contributed by atoms with Crippen LogP contribution in [0.4, 0.5) is 0 Å². The molecule has 4 rings (SSSR count). The van der Waals surface area contributed by atoms with Crippen molar-refractivity contribution in [2.24, 2.45) is 5.92 Å². The van der Waals surface area contributed by atoms with Crippen molar-refractivity contribution in [1.82, 2.24) is 14.2 Å². The van der Waals surface area contributed by atoms with Crippen LogP contribution in [0.3, 0.4) is 0 Å². The highest BCUT2D eigenvalue weighted by Crippen LogP contribution is 2.40. The van der Waals surface area contributed by atoms with Crippen molar-refractivity contribution in [3.8, 4) is 0 Å². The highest BCUT2D eigenvalue weighted by molar-refractivity contribution is 7.89. The molecular formula is C22H29N3O3S. The van der Waals surface area contributed by atoms with Crippen LogP contribution in [-0.2, 0) is 21.4 Å². The zero-order chi connectivity index (χ0) is 20.5. The van der Waals surface area contributed by atoms with E-state index in [0.717, 1.165) is 30.6 Å². The minimum absolute atomic E-state index is 0.0744. The van der Waals surface area contributed by atoms with Gasteiger partial charge in [-0.1, -0.05) is 23.8 Å². The first kappa shape index (κ1) is 20.5. The molecule has 0 saturated carbocycles. The number of hydrogen-bond donors (Lipinski definition) is 0. The minimum atomic E-state index is -3.42. The van der Waals surface area contributed by atoms with Crippen LogP contribution in [0.1, 0.15) is 24.1 Å². The zero-order valence-electron chi connectivity index (χ0n) is 17.1. The summed E-state index contributed by atoms with van der Waals surface area (Å²) in [6.07, 6.45) is 3.82. The first-order valence-corrected chi connectivity index (χ1v) is 11.6. The van der Waals surface area contributed by atoms with Crippen molar-refractivity contribution in [3.05, 3.63) is 59.9 Å². The van der Waals surface area contributed by atoms with Gasteiger partial charge in [-0.3, -0.25) is 9.88 Å². The molecule has 156 valence electrons. The van der Waals surface area contributed by atoms with Crippen LogP contribution >= 0.6 is 0 Å². The Kier molecular flexibility index (Phi) is 5.75. The second-order valence-corrected chi connectivity index (χ2v) is 10.4. The summed E-state index contributed by atoms with van der Waals surface area (Å²) >= 11 is 0. The van der Waals surface area contributed by atoms with Crippen LogP contribution < -0.4 is 0 Å². The lowest BCUT2D eigenvalue weighted by molar-refractivity contribution is -0.0602. The maximum absolute atomic E-state index is 12.9. The second-order valence-electron chi connectivity index (χ2n) is 8.43. The monoisotopic (exact) mass is 415 g/mol. The molecule has 2 aliphatic rings. The summed E-state index contributed by atoms with van der Waals surface area (Å²) < 4.78 is 33.4. The maximum atomic E-state index is 12.9. The Morgan fingerprint density at radius 1 is 1.17 bits per heavy atom. The number of ether oxygens (including phenoxy) is 1. The molecule has 0 aliphatic carbocycles. The van der Waals surface area contributed by atoms with E-state index in [0.29, 0.717) is 37.1 Å². The first-order valence-electron chi connectivity index (χ1n) is 10.1. The lowest BCUT2D eigenvalue weighted by Crippen LogP contribution is -2.72. The van der Waals surface area contributed by atoms with E-state index in [1.165, 1.54) is 0 Å². The van der Waals surface area contributed by atoms with Gasteiger partial charge in [-0.05, 0) is 63.5 Å². The molecule has 2 aliphatic heterocycles. The predicted octanol–water partition coefficient (Wildman–Crippen LogP) is 2.69. The number of aromatic nitrogens is 1. The first-order chi connectivity index (χ1) is 13.9. The number of hydrogen-bond acceptors (Lipinski definition) is 5. The van der Waals surface area contributed by atoms with Crippen molar-refractivity contribution >= 4 is 10.0 Å². The Balaban J connectivity index is 1.35. The molecule has 2 saturated heterocycles. The second kappa shape index (κ2) is 8.14. The van der Waals surface area contributed by atoms with Crippen LogP contribution in [0.5, 0.6) is 0 Å². The number of aryl methyl sites for hydroxylation is 1. The Hall–Kier alpha value is -1.80. The van der Waals surface area contributed by atoms with E-state index < -0.39 is 10.0 Å². The van der Waals surface area contributed by atoms with E-state index >= 15 is 0 Å². The van der Waals surface area contributed by atoms with E-state index in [9.17, 15) is 8.42 Å². The number of likely N-dealkylation sites (N-methyl/N-ethyl adjacent to an activating group) is 1. The molecular weight excluding hydrogens is 386 g/mol. The molecule has 6 nitrogen and oxygen atoms in total. The number of nitrogens with zero attached hydrogens (tertiary/aromatic N) is 3. The quantitative estimate of drug-likeness (QED) is 0.726. The Morgan fingerprint density at radius 2 is 1.93 bits per heavy atom. The van der Waals surface area contributed by atoms with E-state index in [4.69, 9.17) is 4.74 Å². The van der Waals surface area contributed by atoms with Crippen LogP contribution in [0, 0.1) is 12.8 Å². The fraction of sp³-hybridized carbons (Fsp3) is 0.500. The average molecular weight is 416 g/mol. The Bertz CT molecular complexity index is 926. The number of pyridine rings is 1. The molecule has 29 heavy (non-hydrogen) atoms. The number of benzene rings is 1. The third kappa shape index (κ3) is 4.23. The van der Waals surface area contributed by atoms with E-state index in [2.05, 4.69) is 16.9 Å². The fourth-order valence-corrected chi connectivity index (χ4v) is 5.97. The Labute approximate surface area is 173 Å². The highest BCUT2D eigenvalue weighted by atomic mass is 32.2. The third-order valence-corrected chi connectivity index (χ3v) is 8.09.